The highest BCUT2D eigenvalue weighted by atomic mass is 79.9. The van der Waals surface area contributed by atoms with Gasteiger partial charge < -0.3 is 10.2 Å². The van der Waals surface area contributed by atoms with E-state index in [1.165, 1.54) is 41.4 Å². The number of rotatable bonds is 4. The van der Waals surface area contributed by atoms with Gasteiger partial charge >= 0.3 is 0 Å². The number of likely N-dealkylation sites (N-methyl/N-ethyl adjacent to an activating group) is 1. The number of halogens is 1. The molecular weight excluding hydrogens is 288 g/mol. The molecule has 0 radical (unpaired) electrons. The molecule has 2 rings (SSSR count). The first kappa shape index (κ1) is 14.0. The predicted octanol–water partition coefficient (Wildman–Crippen LogP) is 3.33. The van der Waals surface area contributed by atoms with Crippen molar-refractivity contribution in [3.8, 4) is 0 Å². The van der Waals surface area contributed by atoms with Gasteiger partial charge in [-0.15, -0.1) is 0 Å². The third kappa shape index (κ3) is 3.81. The molecular formula is C15H23BrN2. The fraction of sp³-hybridized carbons (Fsp3) is 0.600. The number of nitrogens with one attached hydrogen (secondary N) is 1. The molecule has 1 saturated heterocycles. The van der Waals surface area contributed by atoms with Gasteiger partial charge in [-0.05, 0) is 50.6 Å². The fourth-order valence-electron chi connectivity index (χ4n) is 2.60. The van der Waals surface area contributed by atoms with E-state index in [4.69, 9.17) is 0 Å². The Hall–Kier alpha value is -0.380. The molecule has 100 valence electrons. The lowest BCUT2D eigenvalue weighted by Crippen LogP contribution is -2.42. The smallest absolute Gasteiger partial charge is 0.0217 e. The van der Waals surface area contributed by atoms with Crippen molar-refractivity contribution in [2.75, 3.05) is 20.1 Å². The van der Waals surface area contributed by atoms with Crippen molar-refractivity contribution in [2.45, 2.75) is 38.8 Å². The van der Waals surface area contributed by atoms with E-state index < -0.39 is 0 Å². The second-order valence-corrected chi connectivity index (χ2v) is 6.20. The van der Waals surface area contributed by atoms with Gasteiger partial charge in [-0.3, -0.25) is 0 Å². The highest BCUT2D eigenvalue weighted by Crippen LogP contribution is 2.17. The van der Waals surface area contributed by atoms with Gasteiger partial charge in [-0.1, -0.05) is 34.5 Å². The second-order valence-electron chi connectivity index (χ2n) is 5.34. The van der Waals surface area contributed by atoms with Crippen LogP contribution in [0.25, 0.3) is 0 Å². The zero-order chi connectivity index (χ0) is 13.0. The van der Waals surface area contributed by atoms with Gasteiger partial charge in [0.1, 0.15) is 0 Å². The minimum Gasteiger partial charge on any atom is -0.311 e. The topological polar surface area (TPSA) is 15.3 Å². The number of piperidine rings is 1. The fourth-order valence-corrected chi connectivity index (χ4v) is 2.85. The van der Waals surface area contributed by atoms with Crippen LogP contribution in [0.3, 0.4) is 0 Å². The number of likely N-dealkylation sites (tertiary alicyclic amines) is 1. The van der Waals surface area contributed by atoms with E-state index in [1.807, 2.05) is 0 Å². The molecule has 1 aromatic carbocycles. The number of benzene rings is 1. The molecule has 0 spiro atoms. The minimum absolute atomic E-state index is 0.718. The number of aryl methyl sites for hydroxylation is 1. The molecule has 18 heavy (non-hydrogen) atoms. The zero-order valence-electron chi connectivity index (χ0n) is 11.4. The van der Waals surface area contributed by atoms with Crippen LogP contribution in [0.1, 0.15) is 30.4 Å². The predicted molar refractivity (Wildman–Crippen MR) is 80.9 cm³/mol. The molecule has 0 aromatic heterocycles. The summed E-state index contributed by atoms with van der Waals surface area (Å²) >= 11 is 3.54. The summed E-state index contributed by atoms with van der Waals surface area (Å²) in [6, 6.07) is 7.30. The first-order chi connectivity index (χ1) is 8.66. The Morgan fingerprint density at radius 1 is 1.39 bits per heavy atom. The average molecular weight is 311 g/mol. The number of nitrogens with zero attached hydrogens (tertiary/aromatic N) is 1. The minimum atomic E-state index is 0.718. The Labute approximate surface area is 119 Å². The van der Waals surface area contributed by atoms with Gasteiger partial charge in [0.05, 0.1) is 0 Å². The Kier molecular flexibility index (Phi) is 5.22. The van der Waals surface area contributed by atoms with Crippen molar-refractivity contribution >= 4 is 15.9 Å². The molecule has 1 aliphatic heterocycles. The normalized spacial score (nSPS) is 21.2. The van der Waals surface area contributed by atoms with Crippen LogP contribution < -0.4 is 5.32 Å². The van der Waals surface area contributed by atoms with Crippen molar-refractivity contribution in [3.63, 3.8) is 0 Å². The van der Waals surface area contributed by atoms with Crippen LogP contribution in [0, 0.1) is 6.92 Å². The molecule has 2 nitrogen and oxygen atoms in total. The van der Waals surface area contributed by atoms with Gasteiger partial charge in [0.25, 0.3) is 0 Å². The Balaban J connectivity index is 1.79. The van der Waals surface area contributed by atoms with Crippen LogP contribution in [0.2, 0.25) is 0 Å². The molecule has 0 aliphatic carbocycles. The van der Waals surface area contributed by atoms with Crippen LogP contribution in [0.15, 0.2) is 22.7 Å². The molecule has 0 bridgehead atoms. The van der Waals surface area contributed by atoms with E-state index in [2.05, 4.69) is 58.3 Å². The lowest BCUT2D eigenvalue weighted by Gasteiger charge is -2.32. The maximum absolute atomic E-state index is 3.59. The first-order valence-electron chi connectivity index (χ1n) is 6.83. The number of hydrogen-bond acceptors (Lipinski definition) is 2. The summed E-state index contributed by atoms with van der Waals surface area (Å²) in [7, 11) is 2.25. The lowest BCUT2D eigenvalue weighted by molar-refractivity contribution is 0.181. The van der Waals surface area contributed by atoms with Gasteiger partial charge in [0.2, 0.25) is 0 Å². The van der Waals surface area contributed by atoms with E-state index >= 15 is 0 Å². The second kappa shape index (κ2) is 6.69. The van der Waals surface area contributed by atoms with Crippen molar-refractivity contribution in [3.05, 3.63) is 33.8 Å². The van der Waals surface area contributed by atoms with Gasteiger partial charge in [-0.25, -0.2) is 0 Å². The molecule has 1 atom stereocenters. The largest absolute Gasteiger partial charge is 0.311 e. The maximum atomic E-state index is 3.59. The Bertz CT molecular complexity index is 392. The maximum Gasteiger partial charge on any atom is 0.0217 e. The van der Waals surface area contributed by atoms with Crippen LogP contribution in [-0.2, 0) is 6.54 Å². The van der Waals surface area contributed by atoms with Crippen molar-refractivity contribution in [1.82, 2.24) is 10.2 Å². The van der Waals surface area contributed by atoms with Crippen LogP contribution >= 0.6 is 15.9 Å². The van der Waals surface area contributed by atoms with Gasteiger partial charge in [-0.2, -0.15) is 0 Å². The quantitative estimate of drug-likeness (QED) is 0.917. The van der Waals surface area contributed by atoms with E-state index in [0.717, 1.165) is 19.1 Å². The Morgan fingerprint density at radius 3 is 2.94 bits per heavy atom. The van der Waals surface area contributed by atoms with Crippen LogP contribution in [0.4, 0.5) is 0 Å². The summed E-state index contributed by atoms with van der Waals surface area (Å²) in [5, 5.41) is 3.59. The van der Waals surface area contributed by atoms with E-state index in [9.17, 15) is 0 Å². The summed E-state index contributed by atoms with van der Waals surface area (Å²) in [6.07, 6.45) is 4.08. The summed E-state index contributed by atoms with van der Waals surface area (Å²) in [5.74, 6) is 0. The molecule has 1 heterocycles. The lowest BCUT2D eigenvalue weighted by atomic mass is 10.0. The number of hydrogen-bond donors (Lipinski definition) is 1. The zero-order valence-corrected chi connectivity index (χ0v) is 13.0. The summed E-state index contributed by atoms with van der Waals surface area (Å²) in [4.78, 5) is 2.49. The molecule has 1 aromatic rings. The van der Waals surface area contributed by atoms with E-state index in [1.54, 1.807) is 0 Å². The van der Waals surface area contributed by atoms with E-state index in [0.29, 0.717) is 0 Å². The monoisotopic (exact) mass is 310 g/mol. The average Bonchev–Trinajstić information content (AvgIpc) is 2.36. The molecule has 3 heteroatoms. The van der Waals surface area contributed by atoms with Crippen molar-refractivity contribution < 1.29 is 0 Å². The molecule has 1 aliphatic rings. The van der Waals surface area contributed by atoms with Crippen LogP contribution in [0.5, 0.6) is 0 Å². The Morgan fingerprint density at radius 2 is 2.22 bits per heavy atom. The third-order valence-electron chi connectivity index (χ3n) is 3.85. The molecule has 0 amide bonds. The molecule has 1 unspecified atom stereocenters. The first-order valence-corrected chi connectivity index (χ1v) is 7.62. The van der Waals surface area contributed by atoms with Crippen molar-refractivity contribution in [1.29, 1.82) is 0 Å². The molecule has 0 saturated carbocycles. The SMILES string of the molecule is Cc1cc(CNCC2CCCCN2C)ccc1Br. The summed E-state index contributed by atoms with van der Waals surface area (Å²) < 4.78 is 1.19. The highest BCUT2D eigenvalue weighted by Gasteiger charge is 2.17. The van der Waals surface area contributed by atoms with E-state index in [-0.39, 0.29) is 0 Å². The third-order valence-corrected chi connectivity index (χ3v) is 4.74. The standard InChI is InChI=1S/C15H23BrN2/c1-12-9-13(6-7-15(12)16)10-17-11-14-5-3-4-8-18(14)2/h6-7,9,14,17H,3-5,8,10-11H2,1-2H3. The highest BCUT2D eigenvalue weighted by molar-refractivity contribution is 9.10. The summed E-state index contributed by atoms with van der Waals surface area (Å²) in [5.41, 5.74) is 2.68. The van der Waals surface area contributed by atoms with Gasteiger partial charge in [0.15, 0.2) is 0 Å². The van der Waals surface area contributed by atoms with Gasteiger partial charge in [0, 0.05) is 23.6 Å². The van der Waals surface area contributed by atoms with Crippen LogP contribution in [-0.4, -0.2) is 31.1 Å². The molecule has 1 fully saturated rings. The molecule has 1 N–H and O–H groups in total. The summed E-state index contributed by atoms with van der Waals surface area (Å²) in [6.45, 7) is 5.47. The van der Waals surface area contributed by atoms with Crippen molar-refractivity contribution in [2.24, 2.45) is 0 Å².